The Morgan fingerprint density at radius 2 is 2.00 bits per heavy atom. The van der Waals surface area contributed by atoms with Crippen LogP contribution in [-0.4, -0.2) is 41.4 Å². The van der Waals surface area contributed by atoms with Gasteiger partial charge in [-0.3, -0.25) is 4.79 Å². The molecule has 5 nitrogen and oxygen atoms in total. The Hall–Kier alpha value is -1.65. The number of nitrogens with zero attached hydrogens (tertiary/aromatic N) is 3. The molecule has 0 spiro atoms. The number of nitrogens with one attached hydrogen (secondary N) is 1. The van der Waals surface area contributed by atoms with Crippen molar-refractivity contribution in [1.29, 1.82) is 0 Å². The van der Waals surface area contributed by atoms with Gasteiger partial charge in [0.05, 0.1) is 11.9 Å². The minimum atomic E-state index is -0.0754. The molecule has 0 fully saturated rings. The lowest BCUT2D eigenvalue weighted by atomic mass is 9.96. The van der Waals surface area contributed by atoms with E-state index in [1.807, 2.05) is 20.9 Å². The van der Waals surface area contributed by atoms with Gasteiger partial charge in [0.15, 0.2) is 5.69 Å². The van der Waals surface area contributed by atoms with Crippen LogP contribution in [0.2, 0.25) is 0 Å². The fourth-order valence-electron chi connectivity index (χ4n) is 1.98. The summed E-state index contributed by atoms with van der Waals surface area (Å²) in [5.41, 5.74) is 1.16. The fourth-order valence-corrected chi connectivity index (χ4v) is 1.98. The van der Waals surface area contributed by atoms with Crippen LogP contribution in [0.1, 0.15) is 56.8 Å². The van der Waals surface area contributed by atoms with E-state index < -0.39 is 0 Å². The smallest absolute Gasteiger partial charge is 0.274 e. The molecule has 112 valence electrons. The van der Waals surface area contributed by atoms with Gasteiger partial charge >= 0.3 is 0 Å². The number of rotatable bonds is 4. The highest BCUT2D eigenvalue weighted by Gasteiger charge is 2.23. The molecule has 0 saturated carbocycles. The van der Waals surface area contributed by atoms with E-state index in [1.165, 1.54) is 0 Å². The zero-order valence-electron chi connectivity index (χ0n) is 13.6. The first-order valence-corrected chi connectivity index (χ1v) is 6.96. The van der Waals surface area contributed by atoms with Gasteiger partial charge in [-0.05, 0) is 5.41 Å². The van der Waals surface area contributed by atoms with Crippen molar-refractivity contribution >= 4 is 11.6 Å². The van der Waals surface area contributed by atoms with Gasteiger partial charge in [-0.2, -0.15) is 0 Å². The maximum atomic E-state index is 12.6. The third-order valence-corrected chi connectivity index (χ3v) is 2.85. The van der Waals surface area contributed by atoms with Crippen molar-refractivity contribution in [3.8, 4) is 0 Å². The number of anilines is 1. The Labute approximate surface area is 121 Å². The molecule has 1 heterocycles. The predicted molar refractivity (Wildman–Crippen MR) is 82.1 cm³/mol. The molecule has 0 bridgehead atoms. The van der Waals surface area contributed by atoms with E-state index in [4.69, 9.17) is 0 Å². The summed E-state index contributed by atoms with van der Waals surface area (Å²) in [6.45, 7) is 11.0. The summed E-state index contributed by atoms with van der Waals surface area (Å²) in [5.74, 6) is 0.811. The summed E-state index contributed by atoms with van der Waals surface area (Å²) in [6, 6.07) is 0. The lowest BCUT2D eigenvalue weighted by Crippen LogP contribution is -2.35. The topological polar surface area (TPSA) is 58.1 Å². The first-order valence-electron chi connectivity index (χ1n) is 6.96. The molecule has 0 aliphatic heterocycles. The van der Waals surface area contributed by atoms with Crippen molar-refractivity contribution in [2.24, 2.45) is 5.41 Å². The second-order valence-corrected chi connectivity index (χ2v) is 6.62. The van der Waals surface area contributed by atoms with Crippen molar-refractivity contribution in [3.63, 3.8) is 0 Å². The SMILES string of the molecule is CNc1cnc(C(C)C)nc1C(=O)N(C)CC(C)(C)C. The van der Waals surface area contributed by atoms with Crippen molar-refractivity contribution < 1.29 is 4.79 Å². The van der Waals surface area contributed by atoms with E-state index in [2.05, 4.69) is 36.1 Å². The molecule has 20 heavy (non-hydrogen) atoms. The van der Waals surface area contributed by atoms with Gasteiger partial charge in [0.25, 0.3) is 5.91 Å². The first kappa shape index (κ1) is 16.4. The van der Waals surface area contributed by atoms with Gasteiger partial charge in [-0.25, -0.2) is 9.97 Å². The Kier molecular flexibility index (Phi) is 5.09. The molecule has 1 amide bonds. The van der Waals surface area contributed by atoms with Gasteiger partial charge in [-0.1, -0.05) is 34.6 Å². The molecule has 0 atom stereocenters. The molecule has 1 aromatic rings. The average Bonchev–Trinajstić information content (AvgIpc) is 2.34. The Balaban J connectivity index is 3.10. The highest BCUT2D eigenvalue weighted by atomic mass is 16.2. The number of hydrogen-bond donors (Lipinski definition) is 1. The van der Waals surface area contributed by atoms with Crippen molar-refractivity contribution in [1.82, 2.24) is 14.9 Å². The van der Waals surface area contributed by atoms with Gasteiger partial charge in [0, 0.05) is 26.6 Å². The number of amides is 1. The Morgan fingerprint density at radius 3 is 2.45 bits per heavy atom. The predicted octanol–water partition coefficient (Wildman–Crippen LogP) is 2.76. The van der Waals surface area contributed by atoms with Crippen LogP contribution in [0.25, 0.3) is 0 Å². The molecule has 0 saturated heterocycles. The van der Waals surface area contributed by atoms with Crippen LogP contribution in [0.4, 0.5) is 5.69 Å². The van der Waals surface area contributed by atoms with Gasteiger partial charge < -0.3 is 10.2 Å². The monoisotopic (exact) mass is 278 g/mol. The van der Waals surface area contributed by atoms with Crippen molar-refractivity contribution in [3.05, 3.63) is 17.7 Å². The fraction of sp³-hybridized carbons (Fsp3) is 0.667. The molecule has 5 heteroatoms. The van der Waals surface area contributed by atoms with Crippen LogP contribution in [0, 0.1) is 5.41 Å². The summed E-state index contributed by atoms with van der Waals surface area (Å²) in [4.78, 5) is 23.0. The summed E-state index contributed by atoms with van der Waals surface area (Å²) in [6.07, 6.45) is 1.68. The zero-order valence-corrected chi connectivity index (χ0v) is 13.6. The van der Waals surface area contributed by atoms with Crippen LogP contribution in [0.5, 0.6) is 0 Å². The molecular weight excluding hydrogens is 252 g/mol. The molecule has 1 rings (SSSR count). The van der Waals surface area contributed by atoms with E-state index in [0.717, 1.165) is 0 Å². The second-order valence-electron chi connectivity index (χ2n) is 6.62. The summed E-state index contributed by atoms with van der Waals surface area (Å²) in [5, 5.41) is 2.99. The van der Waals surface area contributed by atoms with E-state index in [9.17, 15) is 4.79 Å². The molecule has 0 aromatic carbocycles. The molecule has 0 radical (unpaired) electrons. The third kappa shape index (κ3) is 4.18. The Bertz CT molecular complexity index is 477. The average molecular weight is 278 g/mol. The van der Waals surface area contributed by atoms with Crippen LogP contribution in [0.15, 0.2) is 6.20 Å². The molecule has 0 aliphatic carbocycles. The minimum absolute atomic E-state index is 0.0537. The third-order valence-electron chi connectivity index (χ3n) is 2.85. The maximum absolute atomic E-state index is 12.6. The summed E-state index contributed by atoms with van der Waals surface area (Å²) < 4.78 is 0. The van der Waals surface area contributed by atoms with Crippen LogP contribution >= 0.6 is 0 Å². The maximum Gasteiger partial charge on any atom is 0.274 e. The van der Waals surface area contributed by atoms with E-state index in [-0.39, 0.29) is 17.2 Å². The van der Waals surface area contributed by atoms with Gasteiger partial charge in [-0.15, -0.1) is 0 Å². The first-order chi connectivity index (χ1) is 9.15. The van der Waals surface area contributed by atoms with Gasteiger partial charge in [0.2, 0.25) is 0 Å². The highest BCUT2D eigenvalue weighted by molar-refractivity contribution is 5.97. The number of hydrogen-bond acceptors (Lipinski definition) is 4. The lowest BCUT2D eigenvalue weighted by Gasteiger charge is -2.27. The number of aromatic nitrogens is 2. The number of carbonyl (C=O) groups is 1. The molecule has 0 aliphatic rings. The zero-order chi connectivity index (χ0) is 15.5. The Morgan fingerprint density at radius 1 is 1.40 bits per heavy atom. The molecule has 0 unspecified atom stereocenters. The molecular formula is C15H26N4O. The quantitative estimate of drug-likeness (QED) is 0.920. The standard InChI is InChI=1S/C15H26N4O/c1-10(2)13-17-8-11(16-6)12(18-13)14(20)19(7)9-15(3,4)5/h8,10,16H,9H2,1-7H3. The summed E-state index contributed by atoms with van der Waals surface area (Å²) >= 11 is 0. The van der Waals surface area contributed by atoms with Crippen LogP contribution in [-0.2, 0) is 0 Å². The van der Waals surface area contributed by atoms with Crippen molar-refractivity contribution in [2.45, 2.75) is 40.5 Å². The second kappa shape index (κ2) is 6.20. The molecule has 1 N–H and O–H groups in total. The van der Waals surface area contributed by atoms with E-state index in [1.54, 1.807) is 18.1 Å². The molecule has 1 aromatic heterocycles. The van der Waals surface area contributed by atoms with Gasteiger partial charge in [0.1, 0.15) is 5.82 Å². The summed E-state index contributed by atoms with van der Waals surface area (Å²) in [7, 11) is 3.58. The highest BCUT2D eigenvalue weighted by Crippen LogP contribution is 2.20. The van der Waals surface area contributed by atoms with Crippen LogP contribution in [0.3, 0.4) is 0 Å². The van der Waals surface area contributed by atoms with E-state index >= 15 is 0 Å². The number of carbonyl (C=O) groups excluding carboxylic acids is 1. The normalized spacial score (nSPS) is 11.6. The van der Waals surface area contributed by atoms with Crippen LogP contribution < -0.4 is 5.32 Å². The van der Waals surface area contributed by atoms with Crippen molar-refractivity contribution in [2.75, 3.05) is 26.0 Å². The minimum Gasteiger partial charge on any atom is -0.385 e. The van der Waals surface area contributed by atoms with E-state index in [0.29, 0.717) is 23.8 Å². The largest absolute Gasteiger partial charge is 0.385 e. The lowest BCUT2D eigenvalue weighted by molar-refractivity contribution is 0.0740.